The predicted octanol–water partition coefficient (Wildman–Crippen LogP) is 4.84. The monoisotopic (exact) mass is 519 g/mol. The summed E-state index contributed by atoms with van der Waals surface area (Å²) >= 11 is 0. The first-order valence-electron chi connectivity index (χ1n) is 12.3. The summed E-state index contributed by atoms with van der Waals surface area (Å²) in [5, 5.41) is 6.79. The van der Waals surface area contributed by atoms with Crippen LogP contribution < -0.4 is 5.32 Å². The van der Waals surface area contributed by atoms with Crippen molar-refractivity contribution < 1.29 is 26.5 Å². The molecule has 1 saturated heterocycles. The lowest BCUT2D eigenvalue weighted by molar-refractivity contribution is -0.126. The first-order valence-corrected chi connectivity index (χ1v) is 13.7. The van der Waals surface area contributed by atoms with Gasteiger partial charge < -0.3 is 9.84 Å². The number of hydrogen-bond acceptors (Lipinski definition) is 5. The highest BCUT2D eigenvalue weighted by molar-refractivity contribution is 7.89. The molecule has 0 radical (unpaired) electrons. The smallest absolute Gasteiger partial charge is 0.248 e. The van der Waals surface area contributed by atoms with Crippen LogP contribution in [0.3, 0.4) is 0 Å². The molecule has 1 aromatic heterocycles. The summed E-state index contributed by atoms with van der Waals surface area (Å²) in [7, 11) is -3.95. The molecule has 1 aliphatic heterocycles. The second-order valence-electron chi connectivity index (χ2n) is 9.29. The largest absolute Gasteiger partial charge is 0.356 e. The molecule has 2 aliphatic rings. The summed E-state index contributed by atoms with van der Waals surface area (Å²) in [4.78, 5) is 12.5. The number of aryl methyl sites for hydroxylation is 1. The summed E-state index contributed by atoms with van der Waals surface area (Å²) < 4.78 is 60.4. The summed E-state index contributed by atoms with van der Waals surface area (Å²) in [5.74, 6) is -1.78. The van der Waals surface area contributed by atoms with E-state index in [0.29, 0.717) is 19.4 Å². The molecule has 2 aromatic rings. The van der Waals surface area contributed by atoms with Crippen LogP contribution in [-0.4, -0.2) is 43.4 Å². The molecular formula is C26H31F2N3O4S. The number of amides is 1. The zero-order chi connectivity index (χ0) is 25.7. The molecule has 4 rings (SSSR count). The van der Waals surface area contributed by atoms with Gasteiger partial charge in [0.25, 0.3) is 0 Å². The molecule has 1 N–H and O–H groups in total. The van der Waals surface area contributed by atoms with Gasteiger partial charge in [-0.2, -0.15) is 4.31 Å². The van der Waals surface area contributed by atoms with Crippen molar-refractivity contribution in [1.29, 1.82) is 0 Å². The quantitative estimate of drug-likeness (QED) is 0.504. The fraction of sp³-hybridized carbons (Fsp3) is 0.462. The third kappa shape index (κ3) is 6.10. The Balaban J connectivity index is 1.37. The van der Waals surface area contributed by atoms with E-state index < -0.39 is 21.7 Å². The minimum absolute atomic E-state index is 0.0328. The number of hydrogen-bond donors (Lipinski definition) is 1. The summed E-state index contributed by atoms with van der Waals surface area (Å²) in [6.45, 7) is 2.53. The van der Waals surface area contributed by atoms with Crippen LogP contribution in [0, 0.1) is 24.5 Å². The zero-order valence-electron chi connectivity index (χ0n) is 20.3. The maximum atomic E-state index is 14.0. The Hall–Kier alpha value is -2.85. The number of nitrogens with zero attached hydrogens (tertiary/aromatic N) is 2. The SMILES string of the molecule is Cc1noc(/C=C/c2ccc(F)cc2F)c1S(=O)(=O)N1CCC(C(=O)NCCC2=CCCCC2)CC1. The molecule has 0 unspecified atom stereocenters. The van der Waals surface area contributed by atoms with Crippen LogP contribution in [0.4, 0.5) is 8.78 Å². The van der Waals surface area contributed by atoms with Crippen LogP contribution in [0.25, 0.3) is 12.2 Å². The summed E-state index contributed by atoms with van der Waals surface area (Å²) in [6.07, 6.45) is 11.3. The van der Waals surface area contributed by atoms with Crippen molar-refractivity contribution in [2.75, 3.05) is 19.6 Å². The van der Waals surface area contributed by atoms with E-state index in [0.717, 1.165) is 31.4 Å². The Morgan fingerprint density at radius 1 is 1.22 bits per heavy atom. The normalized spacial score (nSPS) is 17.9. The van der Waals surface area contributed by atoms with Gasteiger partial charge >= 0.3 is 0 Å². The van der Waals surface area contributed by atoms with Crippen LogP contribution in [0.2, 0.25) is 0 Å². The standard InChI is InChI=1S/C26H31F2N3O4S/c1-18-25(24(35-30-18)10-8-20-7-9-22(27)17-23(20)28)36(33,34)31-15-12-21(13-16-31)26(32)29-14-11-19-5-3-2-4-6-19/h5,7-10,17,21H,2-4,6,11-16H2,1H3,(H,29,32)/b10-8+. The van der Waals surface area contributed by atoms with Crippen molar-refractivity contribution in [2.45, 2.75) is 56.8 Å². The lowest BCUT2D eigenvalue weighted by Crippen LogP contribution is -2.43. The van der Waals surface area contributed by atoms with E-state index in [1.165, 1.54) is 47.9 Å². The molecule has 1 aromatic carbocycles. The van der Waals surface area contributed by atoms with E-state index in [4.69, 9.17) is 4.52 Å². The number of carbonyl (C=O) groups excluding carboxylic acids is 1. The first kappa shape index (κ1) is 26.2. The van der Waals surface area contributed by atoms with E-state index in [1.807, 2.05) is 0 Å². The number of benzene rings is 1. The van der Waals surface area contributed by atoms with Gasteiger partial charge in [0.15, 0.2) is 10.7 Å². The van der Waals surface area contributed by atoms with Gasteiger partial charge in [0.1, 0.15) is 17.3 Å². The number of aromatic nitrogens is 1. The topological polar surface area (TPSA) is 92.5 Å². The lowest BCUT2D eigenvalue weighted by atomic mass is 9.96. The van der Waals surface area contributed by atoms with Crippen molar-refractivity contribution in [3.8, 4) is 0 Å². The van der Waals surface area contributed by atoms with Gasteiger partial charge in [-0.25, -0.2) is 17.2 Å². The Kier molecular flexibility index (Phi) is 8.35. The third-order valence-electron chi connectivity index (χ3n) is 6.76. The zero-order valence-corrected chi connectivity index (χ0v) is 21.1. The van der Waals surface area contributed by atoms with Gasteiger partial charge in [0.2, 0.25) is 15.9 Å². The highest BCUT2D eigenvalue weighted by Crippen LogP contribution is 2.29. The number of halogens is 2. The van der Waals surface area contributed by atoms with Gasteiger partial charge in [-0.15, -0.1) is 0 Å². The van der Waals surface area contributed by atoms with E-state index in [1.54, 1.807) is 0 Å². The molecule has 1 amide bonds. The minimum Gasteiger partial charge on any atom is -0.356 e. The van der Waals surface area contributed by atoms with E-state index in [-0.39, 0.29) is 46.8 Å². The number of allylic oxidation sites excluding steroid dienone is 1. The molecule has 2 heterocycles. The minimum atomic E-state index is -3.95. The third-order valence-corrected chi connectivity index (χ3v) is 8.82. The Labute approximate surface area is 210 Å². The van der Waals surface area contributed by atoms with E-state index in [9.17, 15) is 22.0 Å². The molecule has 194 valence electrons. The molecular weight excluding hydrogens is 488 g/mol. The lowest BCUT2D eigenvalue weighted by Gasteiger charge is -2.30. The maximum absolute atomic E-state index is 14.0. The molecule has 10 heteroatoms. The van der Waals surface area contributed by atoms with Crippen molar-refractivity contribution in [2.24, 2.45) is 5.92 Å². The molecule has 36 heavy (non-hydrogen) atoms. The molecule has 1 fully saturated rings. The van der Waals surface area contributed by atoms with Crippen LogP contribution >= 0.6 is 0 Å². The van der Waals surface area contributed by atoms with E-state index >= 15 is 0 Å². The van der Waals surface area contributed by atoms with Crippen molar-refractivity contribution in [1.82, 2.24) is 14.8 Å². The van der Waals surface area contributed by atoms with Crippen LogP contribution in [0.5, 0.6) is 0 Å². The molecule has 1 aliphatic carbocycles. The highest BCUT2D eigenvalue weighted by Gasteiger charge is 2.35. The van der Waals surface area contributed by atoms with Crippen LogP contribution in [0.1, 0.15) is 62.0 Å². The highest BCUT2D eigenvalue weighted by atomic mass is 32.2. The second kappa shape index (κ2) is 11.5. The number of piperidine rings is 1. The Bertz CT molecular complexity index is 1260. The van der Waals surface area contributed by atoms with Crippen molar-refractivity contribution in [3.05, 3.63) is 58.5 Å². The van der Waals surface area contributed by atoms with E-state index in [2.05, 4.69) is 16.5 Å². The van der Waals surface area contributed by atoms with Crippen molar-refractivity contribution >= 4 is 28.1 Å². The van der Waals surface area contributed by atoms with Gasteiger partial charge in [0, 0.05) is 37.2 Å². The summed E-state index contributed by atoms with van der Waals surface area (Å²) in [5.41, 5.74) is 1.67. The predicted molar refractivity (Wildman–Crippen MR) is 132 cm³/mol. The molecule has 0 spiro atoms. The van der Waals surface area contributed by atoms with Crippen LogP contribution in [-0.2, 0) is 14.8 Å². The van der Waals surface area contributed by atoms with Gasteiger partial charge in [-0.3, -0.25) is 4.79 Å². The maximum Gasteiger partial charge on any atom is 0.248 e. The Morgan fingerprint density at radius 2 is 2.00 bits per heavy atom. The number of nitrogens with one attached hydrogen (secondary N) is 1. The van der Waals surface area contributed by atoms with Gasteiger partial charge in [-0.05, 0) is 76.2 Å². The first-order chi connectivity index (χ1) is 17.3. The van der Waals surface area contributed by atoms with Gasteiger partial charge in [0.05, 0.1) is 0 Å². The average Bonchev–Trinajstić information content (AvgIpc) is 3.25. The number of rotatable bonds is 8. The fourth-order valence-electron chi connectivity index (χ4n) is 4.71. The molecule has 0 saturated carbocycles. The second-order valence-corrected chi connectivity index (χ2v) is 11.2. The summed E-state index contributed by atoms with van der Waals surface area (Å²) in [6, 6.07) is 3.11. The van der Waals surface area contributed by atoms with Crippen LogP contribution in [0.15, 0.2) is 39.3 Å². The number of sulfonamides is 1. The van der Waals surface area contributed by atoms with Gasteiger partial charge in [-0.1, -0.05) is 16.8 Å². The molecule has 0 atom stereocenters. The van der Waals surface area contributed by atoms with Crippen molar-refractivity contribution in [3.63, 3.8) is 0 Å². The molecule has 7 nitrogen and oxygen atoms in total. The molecule has 0 bridgehead atoms. The number of carbonyl (C=O) groups is 1. The fourth-order valence-corrected chi connectivity index (χ4v) is 6.43. The Morgan fingerprint density at radius 3 is 2.69 bits per heavy atom. The average molecular weight is 520 g/mol.